The molecule has 0 bridgehead atoms. The van der Waals surface area contributed by atoms with Gasteiger partial charge >= 0.3 is 0 Å². The van der Waals surface area contributed by atoms with E-state index in [1.54, 1.807) is 0 Å². The van der Waals surface area contributed by atoms with Gasteiger partial charge in [0.25, 0.3) is 0 Å². The fourth-order valence-corrected chi connectivity index (χ4v) is 2.50. The van der Waals surface area contributed by atoms with Gasteiger partial charge in [-0.3, -0.25) is 4.68 Å². The first-order valence-electron chi connectivity index (χ1n) is 6.28. The first-order chi connectivity index (χ1) is 9.20. The second-order valence-electron chi connectivity index (χ2n) is 4.63. The molecule has 2 heterocycles. The Hall–Kier alpha value is -2.01. The summed E-state index contributed by atoms with van der Waals surface area (Å²) in [5, 5.41) is 7.69. The lowest BCUT2D eigenvalue weighted by Crippen LogP contribution is -2.10. The fraction of sp³-hybridized carbons (Fsp3) is 0.357. The predicted octanol–water partition coefficient (Wildman–Crippen LogP) is 1.84. The molecule has 0 aliphatic carbocycles. The maximum Gasteiger partial charge on any atom is 0.231 e. The second kappa shape index (κ2) is 4.59. The van der Waals surface area contributed by atoms with Crippen molar-refractivity contribution >= 4 is 0 Å². The van der Waals surface area contributed by atoms with Gasteiger partial charge in [-0.05, 0) is 31.7 Å². The molecule has 0 saturated carbocycles. The van der Waals surface area contributed by atoms with Crippen LogP contribution in [0.3, 0.4) is 0 Å². The lowest BCUT2D eigenvalue weighted by Gasteiger charge is -2.07. The summed E-state index contributed by atoms with van der Waals surface area (Å²) < 4.78 is 12.7. The quantitative estimate of drug-likeness (QED) is 0.913. The molecular weight excluding hydrogens is 242 g/mol. The Labute approximate surface area is 112 Å². The monoisotopic (exact) mass is 259 g/mol. The van der Waals surface area contributed by atoms with Crippen LogP contribution < -0.4 is 14.8 Å². The van der Waals surface area contributed by atoms with E-state index in [1.165, 1.54) is 5.69 Å². The molecule has 5 heteroatoms. The third-order valence-electron chi connectivity index (χ3n) is 3.35. The van der Waals surface area contributed by atoms with Crippen LogP contribution in [0.5, 0.6) is 11.5 Å². The smallest absolute Gasteiger partial charge is 0.231 e. The van der Waals surface area contributed by atoms with Crippen LogP contribution in [-0.4, -0.2) is 23.6 Å². The summed E-state index contributed by atoms with van der Waals surface area (Å²) in [4.78, 5) is 0. The van der Waals surface area contributed by atoms with Gasteiger partial charge in [0, 0.05) is 19.2 Å². The minimum Gasteiger partial charge on any atom is -0.454 e. The summed E-state index contributed by atoms with van der Waals surface area (Å²) in [5.41, 5.74) is 4.46. The summed E-state index contributed by atoms with van der Waals surface area (Å²) in [5.74, 6) is 1.61. The molecule has 5 nitrogen and oxygen atoms in total. The highest BCUT2D eigenvalue weighted by Gasteiger charge is 2.18. The summed E-state index contributed by atoms with van der Waals surface area (Å²) in [6.07, 6.45) is 0. The lowest BCUT2D eigenvalue weighted by atomic mass is 10.0. The Balaban J connectivity index is 2.11. The van der Waals surface area contributed by atoms with Gasteiger partial charge in [-0.1, -0.05) is 6.07 Å². The van der Waals surface area contributed by atoms with Crippen LogP contribution >= 0.6 is 0 Å². The number of aromatic nitrogens is 2. The summed E-state index contributed by atoms with van der Waals surface area (Å²) in [6, 6.07) is 6.02. The topological polar surface area (TPSA) is 48.3 Å². The van der Waals surface area contributed by atoms with Crippen LogP contribution in [0.25, 0.3) is 11.1 Å². The number of hydrogen-bond donors (Lipinski definition) is 1. The van der Waals surface area contributed by atoms with Crippen molar-refractivity contribution in [3.05, 3.63) is 29.6 Å². The molecule has 100 valence electrons. The number of hydrogen-bond acceptors (Lipinski definition) is 4. The van der Waals surface area contributed by atoms with Crippen LogP contribution in [0, 0.1) is 6.92 Å². The SMILES string of the molecule is CNCc1c(-c2ccc3c(c2)OCO3)c(C)nn1C. The minimum absolute atomic E-state index is 0.300. The molecule has 2 aromatic rings. The predicted molar refractivity (Wildman–Crippen MR) is 72.3 cm³/mol. The molecule has 3 rings (SSSR count). The molecule has 1 aromatic heterocycles. The Morgan fingerprint density at radius 3 is 2.89 bits per heavy atom. The van der Waals surface area contributed by atoms with Gasteiger partial charge in [0.05, 0.1) is 11.4 Å². The molecule has 1 aliphatic rings. The highest BCUT2D eigenvalue weighted by atomic mass is 16.7. The maximum absolute atomic E-state index is 5.44. The van der Waals surface area contributed by atoms with E-state index in [4.69, 9.17) is 9.47 Å². The zero-order valence-corrected chi connectivity index (χ0v) is 11.4. The molecule has 1 aromatic carbocycles. The Kier molecular flexibility index (Phi) is 2.91. The van der Waals surface area contributed by atoms with E-state index in [0.717, 1.165) is 34.9 Å². The lowest BCUT2D eigenvalue weighted by molar-refractivity contribution is 0.174. The zero-order chi connectivity index (χ0) is 13.4. The zero-order valence-electron chi connectivity index (χ0n) is 11.4. The molecule has 1 aliphatic heterocycles. The van der Waals surface area contributed by atoms with Gasteiger partial charge in [0.2, 0.25) is 6.79 Å². The largest absolute Gasteiger partial charge is 0.454 e. The van der Waals surface area contributed by atoms with Gasteiger partial charge in [-0.25, -0.2) is 0 Å². The van der Waals surface area contributed by atoms with Crippen molar-refractivity contribution in [1.29, 1.82) is 0 Å². The third kappa shape index (κ3) is 1.96. The van der Waals surface area contributed by atoms with Gasteiger partial charge < -0.3 is 14.8 Å². The average Bonchev–Trinajstić information content (AvgIpc) is 2.94. The van der Waals surface area contributed by atoms with Crippen molar-refractivity contribution in [3.63, 3.8) is 0 Å². The van der Waals surface area contributed by atoms with Gasteiger partial charge in [0.1, 0.15) is 0 Å². The first-order valence-corrected chi connectivity index (χ1v) is 6.28. The Morgan fingerprint density at radius 2 is 2.11 bits per heavy atom. The molecular formula is C14H17N3O2. The van der Waals surface area contributed by atoms with E-state index < -0.39 is 0 Å². The second-order valence-corrected chi connectivity index (χ2v) is 4.63. The third-order valence-corrected chi connectivity index (χ3v) is 3.35. The number of rotatable bonds is 3. The van der Waals surface area contributed by atoms with E-state index in [0.29, 0.717) is 6.79 Å². The summed E-state index contributed by atoms with van der Waals surface area (Å²) in [6.45, 7) is 3.11. The maximum atomic E-state index is 5.44. The number of nitrogens with one attached hydrogen (secondary N) is 1. The standard InChI is InChI=1S/C14H17N3O2/c1-9-14(11(7-15-2)17(3)16-9)10-4-5-12-13(6-10)19-8-18-12/h4-6,15H,7-8H2,1-3H3. The van der Waals surface area contributed by atoms with Crippen LogP contribution in [0.1, 0.15) is 11.4 Å². The van der Waals surface area contributed by atoms with E-state index in [1.807, 2.05) is 37.8 Å². The van der Waals surface area contributed by atoms with E-state index in [9.17, 15) is 0 Å². The van der Waals surface area contributed by atoms with Crippen LogP contribution in [0.15, 0.2) is 18.2 Å². The van der Waals surface area contributed by atoms with E-state index >= 15 is 0 Å². The Morgan fingerprint density at radius 1 is 1.32 bits per heavy atom. The van der Waals surface area contributed by atoms with Gasteiger partial charge in [0.15, 0.2) is 11.5 Å². The van der Waals surface area contributed by atoms with E-state index in [-0.39, 0.29) is 0 Å². The molecule has 0 amide bonds. The van der Waals surface area contributed by atoms with Crippen molar-refractivity contribution in [1.82, 2.24) is 15.1 Å². The van der Waals surface area contributed by atoms with Crippen LogP contribution in [-0.2, 0) is 13.6 Å². The van der Waals surface area contributed by atoms with Crippen LogP contribution in [0.2, 0.25) is 0 Å². The molecule has 0 spiro atoms. The van der Waals surface area contributed by atoms with Gasteiger partial charge in [-0.15, -0.1) is 0 Å². The molecule has 0 fully saturated rings. The number of aryl methyl sites for hydroxylation is 2. The average molecular weight is 259 g/mol. The van der Waals surface area contributed by atoms with E-state index in [2.05, 4.69) is 16.5 Å². The molecule has 0 atom stereocenters. The molecule has 0 radical (unpaired) electrons. The number of benzene rings is 1. The Bertz CT molecular complexity index is 619. The highest BCUT2D eigenvalue weighted by Crippen LogP contribution is 2.37. The fourth-order valence-electron chi connectivity index (χ4n) is 2.50. The summed E-state index contributed by atoms with van der Waals surface area (Å²) in [7, 11) is 3.90. The molecule has 0 unspecified atom stereocenters. The molecule has 1 N–H and O–H groups in total. The number of nitrogens with zero attached hydrogens (tertiary/aromatic N) is 2. The highest BCUT2D eigenvalue weighted by molar-refractivity contribution is 5.71. The molecule has 0 saturated heterocycles. The molecule has 19 heavy (non-hydrogen) atoms. The van der Waals surface area contributed by atoms with Crippen molar-refractivity contribution in [3.8, 4) is 22.6 Å². The normalized spacial score (nSPS) is 13.0. The van der Waals surface area contributed by atoms with Crippen molar-refractivity contribution in [2.45, 2.75) is 13.5 Å². The number of ether oxygens (including phenoxy) is 2. The van der Waals surface area contributed by atoms with Gasteiger partial charge in [-0.2, -0.15) is 5.10 Å². The first kappa shape index (κ1) is 12.0. The minimum atomic E-state index is 0.300. The van der Waals surface area contributed by atoms with Crippen molar-refractivity contribution in [2.24, 2.45) is 7.05 Å². The van der Waals surface area contributed by atoms with Crippen LogP contribution in [0.4, 0.5) is 0 Å². The van der Waals surface area contributed by atoms with Crippen molar-refractivity contribution < 1.29 is 9.47 Å². The van der Waals surface area contributed by atoms with Crippen molar-refractivity contribution in [2.75, 3.05) is 13.8 Å². The summed E-state index contributed by atoms with van der Waals surface area (Å²) >= 11 is 0. The number of fused-ring (bicyclic) bond motifs is 1.